The van der Waals surface area contributed by atoms with Gasteiger partial charge in [-0.15, -0.1) is 0 Å². The fraction of sp³-hybridized carbons (Fsp3) is 0.348. The van der Waals surface area contributed by atoms with Crippen LogP contribution in [0.1, 0.15) is 45.1 Å². The number of carbonyl (C=O) groups excluding carboxylic acids is 1. The second kappa shape index (κ2) is 6.99. The number of rotatable bonds is 1. The highest BCUT2D eigenvalue weighted by atomic mass is 16.5. The Labute approximate surface area is 154 Å². The quantitative estimate of drug-likeness (QED) is 0.417. The Morgan fingerprint density at radius 1 is 1.15 bits per heavy atom. The van der Waals surface area contributed by atoms with Gasteiger partial charge in [0.1, 0.15) is 6.10 Å². The lowest BCUT2D eigenvalue weighted by Crippen LogP contribution is -2.15. The third kappa shape index (κ3) is 3.39. The molecule has 2 heterocycles. The molecule has 2 aromatic rings. The van der Waals surface area contributed by atoms with Gasteiger partial charge >= 0.3 is 5.97 Å². The summed E-state index contributed by atoms with van der Waals surface area (Å²) >= 11 is 0. The average Bonchev–Trinajstić information content (AvgIpc) is 3.18. The van der Waals surface area contributed by atoms with Crippen molar-refractivity contribution in [2.24, 2.45) is 5.92 Å². The van der Waals surface area contributed by atoms with E-state index in [0.717, 1.165) is 47.7 Å². The molecule has 0 radical (unpaired) electrons. The molecule has 4 rings (SSSR count). The van der Waals surface area contributed by atoms with Crippen molar-refractivity contribution < 1.29 is 9.53 Å². The minimum atomic E-state index is -0.168. The fourth-order valence-electron chi connectivity index (χ4n) is 3.97. The molecular weight excluding hydrogens is 322 g/mol. The summed E-state index contributed by atoms with van der Waals surface area (Å²) in [5.74, 6) is -0.0417. The third-order valence-electron chi connectivity index (χ3n) is 5.50. The highest BCUT2D eigenvalue weighted by Gasteiger charge is 2.38. The van der Waals surface area contributed by atoms with Crippen LogP contribution in [0.4, 0.5) is 0 Å². The average molecular weight is 347 g/mol. The van der Waals surface area contributed by atoms with Crippen LogP contribution in [0, 0.1) is 5.92 Å². The number of fused-ring (bicyclic) bond motifs is 2. The zero-order valence-electron chi connectivity index (χ0n) is 15.4. The van der Waals surface area contributed by atoms with Gasteiger partial charge in [0.2, 0.25) is 0 Å². The Kier molecular flexibility index (Phi) is 4.54. The number of hydrogen-bond acceptors (Lipinski definition) is 2. The predicted octanol–water partition coefficient (Wildman–Crippen LogP) is 5.56. The van der Waals surface area contributed by atoms with Crippen LogP contribution in [0.3, 0.4) is 0 Å². The van der Waals surface area contributed by atoms with Crippen molar-refractivity contribution in [2.45, 2.75) is 45.6 Å². The van der Waals surface area contributed by atoms with Crippen molar-refractivity contribution in [3.05, 3.63) is 64.9 Å². The number of nitrogens with one attached hydrogen (secondary N) is 1. The van der Waals surface area contributed by atoms with E-state index in [0.29, 0.717) is 0 Å². The van der Waals surface area contributed by atoms with Crippen LogP contribution in [0.25, 0.3) is 17.0 Å². The third-order valence-corrected chi connectivity index (χ3v) is 5.50. The van der Waals surface area contributed by atoms with E-state index in [1.165, 1.54) is 11.1 Å². The van der Waals surface area contributed by atoms with E-state index < -0.39 is 0 Å². The number of allylic oxidation sites excluding steroid dienone is 3. The lowest BCUT2D eigenvalue weighted by Gasteiger charge is -2.17. The van der Waals surface area contributed by atoms with Crippen molar-refractivity contribution in [1.82, 2.24) is 4.98 Å². The highest BCUT2D eigenvalue weighted by Crippen LogP contribution is 2.36. The van der Waals surface area contributed by atoms with Gasteiger partial charge in [-0.3, -0.25) is 0 Å². The summed E-state index contributed by atoms with van der Waals surface area (Å²) in [4.78, 5) is 15.8. The smallest absolute Gasteiger partial charge is 0.335 e. The van der Waals surface area contributed by atoms with Gasteiger partial charge in [-0.25, -0.2) is 4.79 Å². The molecule has 2 atom stereocenters. The van der Waals surface area contributed by atoms with Gasteiger partial charge in [0.25, 0.3) is 0 Å². The molecule has 0 saturated carbocycles. The highest BCUT2D eigenvalue weighted by molar-refractivity contribution is 5.97. The Morgan fingerprint density at radius 2 is 2.04 bits per heavy atom. The topological polar surface area (TPSA) is 42.1 Å². The summed E-state index contributed by atoms with van der Waals surface area (Å²) in [6, 6.07) is 8.28. The molecule has 1 fully saturated rings. The summed E-state index contributed by atoms with van der Waals surface area (Å²) < 4.78 is 5.75. The summed E-state index contributed by atoms with van der Waals surface area (Å²) in [7, 11) is 0. The van der Waals surface area contributed by atoms with Crippen LogP contribution in [-0.4, -0.2) is 17.1 Å². The van der Waals surface area contributed by atoms with E-state index >= 15 is 0 Å². The second-order valence-electron chi connectivity index (χ2n) is 7.54. The normalized spacial score (nSPS) is 29.6. The van der Waals surface area contributed by atoms with Crippen molar-refractivity contribution in [3.8, 4) is 0 Å². The molecule has 26 heavy (non-hydrogen) atoms. The van der Waals surface area contributed by atoms with Crippen LogP contribution in [0.15, 0.2) is 59.3 Å². The van der Waals surface area contributed by atoms with Gasteiger partial charge < -0.3 is 9.72 Å². The van der Waals surface area contributed by atoms with Crippen molar-refractivity contribution in [2.75, 3.05) is 0 Å². The standard InChI is InChI=1S/C23H25NO2/c1-15-4-3-5-16(2)12-22-19(8-6-15)20(23(25)26-22)14-17-7-9-21-18(13-17)10-11-24-21/h4,7,9-14,19,22,24H,3,5-6,8H2,1-2H3/b15-4-,16-12-,20-14+/t19-,22-/m1/s1. The molecule has 1 aliphatic carbocycles. The number of aromatic amines is 1. The fourth-order valence-corrected chi connectivity index (χ4v) is 3.97. The van der Waals surface area contributed by atoms with Crippen molar-refractivity contribution in [3.63, 3.8) is 0 Å². The van der Waals surface area contributed by atoms with Gasteiger partial charge in [-0.1, -0.05) is 23.3 Å². The van der Waals surface area contributed by atoms with Gasteiger partial charge in [-0.2, -0.15) is 0 Å². The van der Waals surface area contributed by atoms with E-state index in [1.807, 2.05) is 12.3 Å². The number of benzene rings is 1. The predicted molar refractivity (Wildman–Crippen MR) is 106 cm³/mol. The maximum Gasteiger partial charge on any atom is 0.335 e. The number of ether oxygens (including phenoxy) is 1. The van der Waals surface area contributed by atoms with Crippen LogP contribution in [-0.2, 0) is 9.53 Å². The van der Waals surface area contributed by atoms with E-state index in [4.69, 9.17) is 4.74 Å². The maximum absolute atomic E-state index is 12.6. The molecule has 0 amide bonds. The Bertz CT molecular complexity index is 929. The molecule has 3 heteroatoms. The van der Waals surface area contributed by atoms with E-state index in [2.05, 4.69) is 55.2 Å². The molecule has 0 unspecified atom stereocenters. The van der Waals surface area contributed by atoms with Gasteiger partial charge in [-0.05, 0) is 80.8 Å². The lowest BCUT2D eigenvalue weighted by atomic mass is 9.86. The van der Waals surface area contributed by atoms with Crippen LogP contribution in [0.5, 0.6) is 0 Å². The van der Waals surface area contributed by atoms with Gasteiger partial charge in [0, 0.05) is 23.2 Å². The lowest BCUT2D eigenvalue weighted by molar-refractivity contribution is -0.137. The Hall–Kier alpha value is -2.55. The van der Waals surface area contributed by atoms with Crippen molar-refractivity contribution in [1.29, 1.82) is 0 Å². The number of carbonyl (C=O) groups is 1. The molecular formula is C23H25NO2. The van der Waals surface area contributed by atoms with Crippen LogP contribution < -0.4 is 0 Å². The molecule has 1 aromatic carbocycles. The van der Waals surface area contributed by atoms with Gasteiger partial charge in [0.15, 0.2) is 0 Å². The SMILES string of the molecule is C/C1=C/[C@H]2OC(=O)/C(=C/c3ccc4[nH]ccc4c3)[C@H]2CC/C(C)=C\CC1. The van der Waals surface area contributed by atoms with Crippen molar-refractivity contribution >= 4 is 22.9 Å². The summed E-state index contributed by atoms with van der Waals surface area (Å²) in [5, 5.41) is 1.16. The largest absolute Gasteiger partial charge is 0.454 e. The maximum atomic E-state index is 12.6. The zero-order valence-corrected chi connectivity index (χ0v) is 15.4. The molecule has 3 nitrogen and oxygen atoms in total. The van der Waals surface area contributed by atoms with E-state index in [9.17, 15) is 4.79 Å². The van der Waals surface area contributed by atoms with Gasteiger partial charge in [0.05, 0.1) is 0 Å². The molecule has 1 saturated heterocycles. The molecule has 0 spiro atoms. The molecule has 0 bridgehead atoms. The first-order valence-corrected chi connectivity index (χ1v) is 9.43. The summed E-state index contributed by atoms with van der Waals surface area (Å²) in [6.07, 6.45) is 12.4. The molecule has 1 aromatic heterocycles. The first kappa shape index (κ1) is 16.9. The molecule has 1 N–H and O–H groups in total. The minimum absolute atomic E-state index is 0.126. The summed E-state index contributed by atoms with van der Waals surface area (Å²) in [5.41, 5.74) is 5.67. The number of aromatic nitrogens is 1. The first-order valence-electron chi connectivity index (χ1n) is 9.43. The number of esters is 1. The Morgan fingerprint density at radius 3 is 2.92 bits per heavy atom. The minimum Gasteiger partial charge on any atom is -0.454 e. The van der Waals surface area contributed by atoms with E-state index in [1.54, 1.807) is 0 Å². The van der Waals surface area contributed by atoms with Crippen LogP contribution in [0.2, 0.25) is 0 Å². The monoisotopic (exact) mass is 347 g/mol. The number of hydrogen-bond donors (Lipinski definition) is 1. The molecule has 134 valence electrons. The Balaban J connectivity index is 1.70. The molecule has 1 aliphatic heterocycles. The number of H-pyrrole nitrogens is 1. The zero-order chi connectivity index (χ0) is 18.1. The summed E-state index contributed by atoms with van der Waals surface area (Å²) in [6.45, 7) is 4.33. The molecule has 2 aliphatic rings. The first-order chi connectivity index (χ1) is 12.6. The second-order valence-corrected chi connectivity index (χ2v) is 7.54. The van der Waals surface area contributed by atoms with Crippen LogP contribution >= 0.6 is 0 Å². The van der Waals surface area contributed by atoms with E-state index in [-0.39, 0.29) is 18.0 Å².